The fourth-order valence-corrected chi connectivity index (χ4v) is 1.92. The topological polar surface area (TPSA) is 29.1 Å². The molecule has 1 atom stereocenters. The van der Waals surface area contributed by atoms with Crippen LogP contribution in [-0.4, -0.2) is 11.9 Å². The molecule has 0 aliphatic rings. The highest BCUT2D eigenvalue weighted by Gasteiger charge is 2.35. The summed E-state index contributed by atoms with van der Waals surface area (Å²) in [6.45, 7) is 3.78. The molecule has 0 saturated carbocycles. The number of hydrogen-bond acceptors (Lipinski definition) is 1. The van der Waals surface area contributed by atoms with Gasteiger partial charge >= 0.3 is 6.18 Å². The summed E-state index contributed by atoms with van der Waals surface area (Å²) in [6.07, 6.45) is -2.65. The molecule has 1 unspecified atom stereocenters. The molecule has 2 nitrogen and oxygen atoms in total. The van der Waals surface area contributed by atoms with Crippen LogP contribution in [0.25, 0.3) is 0 Å². The van der Waals surface area contributed by atoms with Crippen LogP contribution >= 0.6 is 0 Å². The minimum absolute atomic E-state index is 0.165. The molecule has 0 aliphatic carbocycles. The third-order valence-electron chi connectivity index (χ3n) is 3.01. The van der Waals surface area contributed by atoms with Gasteiger partial charge in [-0.05, 0) is 25.0 Å². The average molecular weight is 291 g/mol. The molecule has 1 N–H and O–H groups in total. The lowest BCUT2D eigenvalue weighted by atomic mass is 10.1. The predicted octanol–water partition coefficient (Wildman–Crippen LogP) is 4.15. The zero-order chi connectivity index (χ0) is 15.3. The number of benzene rings is 1. The maximum atomic E-state index is 13.8. The number of carbonyl (C=O) groups is 1. The molecule has 0 aromatic heterocycles. The lowest BCUT2D eigenvalue weighted by molar-refractivity contribution is -0.140. The molecular formula is C14H17F4NO. The van der Waals surface area contributed by atoms with Gasteiger partial charge in [-0.1, -0.05) is 26.3 Å². The third kappa shape index (κ3) is 3.95. The van der Waals surface area contributed by atoms with Gasteiger partial charge in [0, 0.05) is 6.04 Å². The highest BCUT2D eigenvalue weighted by atomic mass is 19.4. The van der Waals surface area contributed by atoms with Crippen molar-refractivity contribution in [3.63, 3.8) is 0 Å². The molecule has 0 heterocycles. The zero-order valence-electron chi connectivity index (χ0n) is 11.4. The lowest BCUT2D eigenvalue weighted by Gasteiger charge is -2.17. The van der Waals surface area contributed by atoms with Crippen LogP contribution in [0, 0.1) is 5.82 Å². The van der Waals surface area contributed by atoms with Crippen molar-refractivity contribution in [2.24, 2.45) is 0 Å². The number of alkyl halides is 3. The van der Waals surface area contributed by atoms with Crippen LogP contribution in [0.4, 0.5) is 17.6 Å². The molecule has 1 amide bonds. The number of rotatable bonds is 5. The van der Waals surface area contributed by atoms with Crippen LogP contribution in [0.5, 0.6) is 0 Å². The Kier molecular flexibility index (Phi) is 5.53. The summed E-state index contributed by atoms with van der Waals surface area (Å²) in [4.78, 5) is 11.9. The van der Waals surface area contributed by atoms with Crippen LogP contribution in [-0.2, 0) is 6.18 Å². The van der Waals surface area contributed by atoms with Gasteiger partial charge in [0.15, 0.2) is 0 Å². The van der Waals surface area contributed by atoms with Crippen molar-refractivity contribution in [1.29, 1.82) is 0 Å². The van der Waals surface area contributed by atoms with Gasteiger partial charge in [0.1, 0.15) is 5.82 Å². The minimum Gasteiger partial charge on any atom is -0.349 e. The van der Waals surface area contributed by atoms with E-state index in [1.165, 1.54) is 0 Å². The van der Waals surface area contributed by atoms with Crippen molar-refractivity contribution in [1.82, 2.24) is 5.32 Å². The Labute approximate surface area is 115 Å². The quantitative estimate of drug-likeness (QED) is 0.811. The minimum atomic E-state index is -4.81. The van der Waals surface area contributed by atoms with Crippen LogP contribution in [0.1, 0.15) is 49.0 Å². The molecule has 0 radical (unpaired) electrons. The Hall–Kier alpha value is -1.59. The summed E-state index contributed by atoms with van der Waals surface area (Å²) in [5, 5.41) is 2.56. The molecule has 1 aromatic carbocycles. The summed E-state index contributed by atoms with van der Waals surface area (Å²) in [7, 11) is 0. The summed E-state index contributed by atoms with van der Waals surface area (Å²) in [5.74, 6) is -2.34. The van der Waals surface area contributed by atoms with Gasteiger partial charge in [-0.3, -0.25) is 4.79 Å². The monoisotopic (exact) mass is 291 g/mol. The fraction of sp³-hybridized carbons (Fsp3) is 0.500. The average Bonchev–Trinajstić information content (AvgIpc) is 2.36. The van der Waals surface area contributed by atoms with E-state index in [1.54, 1.807) is 0 Å². The standard InChI is InChI=1S/C14H17F4NO/c1-3-6-9(4-2)19-13(20)10-7-5-8-11(12(10)15)14(16,17)18/h5,7-9H,3-4,6H2,1-2H3,(H,19,20). The van der Waals surface area contributed by atoms with E-state index in [2.05, 4.69) is 5.32 Å². The van der Waals surface area contributed by atoms with E-state index in [0.29, 0.717) is 18.9 Å². The Balaban J connectivity index is 3.00. The number of hydrogen-bond donors (Lipinski definition) is 1. The second-order valence-corrected chi connectivity index (χ2v) is 4.53. The zero-order valence-corrected chi connectivity index (χ0v) is 11.4. The molecule has 0 bridgehead atoms. The number of halogens is 4. The molecule has 0 fully saturated rings. The van der Waals surface area contributed by atoms with Crippen LogP contribution in [0.2, 0.25) is 0 Å². The van der Waals surface area contributed by atoms with E-state index in [0.717, 1.165) is 18.6 Å². The molecule has 1 rings (SSSR count). The molecule has 6 heteroatoms. The molecule has 0 spiro atoms. The van der Waals surface area contributed by atoms with E-state index >= 15 is 0 Å². The summed E-state index contributed by atoms with van der Waals surface area (Å²) >= 11 is 0. The SMILES string of the molecule is CCCC(CC)NC(=O)c1cccc(C(F)(F)F)c1F. The fourth-order valence-electron chi connectivity index (χ4n) is 1.92. The van der Waals surface area contributed by atoms with Crippen molar-refractivity contribution in [3.05, 3.63) is 35.1 Å². The lowest BCUT2D eigenvalue weighted by Crippen LogP contribution is -2.35. The summed E-state index contributed by atoms with van der Waals surface area (Å²) in [5.41, 5.74) is -2.00. The second-order valence-electron chi connectivity index (χ2n) is 4.53. The highest BCUT2D eigenvalue weighted by Crippen LogP contribution is 2.32. The maximum absolute atomic E-state index is 13.8. The first kappa shape index (κ1) is 16.5. The number of nitrogens with one attached hydrogen (secondary N) is 1. The van der Waals surface area contributed by atoms with Gasteiger partial charge in [-0.25, -0.2) is 4.39 Å². The number of carbonyl (C=O) groups excluding carboxylic acids is 1. The Morgan fingerprint density at radius 3 is 2.45 bits per heavy atom. The van der Waals surface area contributed by atoms with E-state index < -0.39 is 29.0 Å². The van der Waals surface area contributed by atoms with Crippen molar-refractivity contribution in [2.75, 3.05) is 0 Å². The van der Waals surface area contributed by atoms with Crippen LogP contribution in [0.15, 0.2) is 18.2 Å². The molecule has 1 aromatic rings. The molecular weight excluding hydrogens is 274 g/mol. The molecule has 20 heavy (non-hydrogen) atoms. The number of amides is 1. The molecule has 0 saturated heterocycles. The van der Waals surface area contributed by atoms with Gasteiger partial charge in [0.05, 0.1) is 11.1 Å². The van der Waals surface area contributed by atoms with Gasteiger partial charge < -0.3 is 5.32 Å². The van der Waals surface area contributed by atoms with Crippen molar-refractivity contribution < 1.29 is 22.4 Å². The first-order chi connectivity index (χ1) is 9.31. The third-order valence-corrected chi connectivity index (χ3v) is 3.01. The predicted molar refractivity (Wildman–Crippen MR) is 67.9 cm³/mol. The van der Waals surface area contributed by atoms with Crippen LogP contribution < -0.4 is 5.32 Å². The first-order valence-corrected chi connectivity index (χ1v) is 6.47. The van der Waals surface area contributed by atoms with Gasteiger partial charge in [0.25, 0.3) is 5.91 Å². The maximum Gasteiger partial charge on any atom is 0.419 e. The smallest absolute Gasteiger partial charge is 0.349 e. The largest absolute Gasteiger partial charge is 0.419 e. The summed E-state index contributed by atoms with van der Waals surface area (Å²) in [6, 6.07) is 2.54. The van der Waals surface area contributed by atoms with Crippen molar-refractivity contribution in [3.8, 4) is 0 Å². The highest BCUT2D eigenvalue weighted by molar-refractivity contribution is 5.94. The van der Waals surface area contributed by atoms with Crippen molar-refractivity contribution in [2.45, 2.75) is 45.3 Å². The van der Waals surface area contributed by atoms with Crippen LogP contribution in [0.3, 0.4) is 0 Å². The first-order valence-electron chi connectivity index (χ1n) is 6.47. The van der Waals surface area contributed by atoms with Crippen molar-refractivity contribution >= 4 is 5.91 Å². The van der Waals surface area contributed by atoms with E-state index in [9.17, 15) is 22.4 Å². The Bertz CT molecular complexity index is 471. The Morgan fingerprint density at radius 2 is 1.95 bits per heavy atom. The molecule has 0 aliphatic heterocycles. The van der Waals surface area contributed by atoms with E-state index in [-0.39, 0.29) is 6.04 Å². The normalized spacial score (nSPS) is 13.1. The van der Waals surface area contributed by atoms with E-state index in [1.807, 2.05) is 13.8 Å². The van der Waals surface area contributed by atoms with Gasteiger partial charge in [-0.2, -0.15) is 13.2 Å². The molecule has 112 valence electrons. The van der Waals surface area contributed by atoms with Gasteiger partial charge in [0.2, 0.25) is 0 Å². The van der Waals surface area contributed by atoms with E-state index in [4.69, 9.17) is 0 Å². The summed E-state index contributed by atoms with van der Waals surface area (Å²) < 4.78 is 51.5. The Morgan fingerprint density at radius 1 is 1.30 bits per heavy atom. The van der Waals surface area contributed by atoms with Gasteiger partial charge in [-0.15, -0.1) is 0 Å². The second kappa shape index (κ2) is 6.72.